The third-order valence-electron chi connectivity index (χ3n) is 2.72. The Morgan fingerprint density at radius 3 is 2.62 bits per heavy atom. The van der Waals surface area contributed by atoms with Crippen molar-refractivity contribution in [1.29, 1.82) is 0 Å². The number of benzene rings is 2. The topological polar surface area (TPSA) is 38.3 Å². The zero-order chi connectivity index (χ0) is 15.2. The molecule has 2 rings (SSSR count). The summed E-state index contributed by atoms with van der Waals surface area (Å²) >= 11 is 9.18. The van der Waals surface area contributed by atoms with E-state index >= 15 is 0 Å². The molecule has 0 atom stereocenters. The summed E-state index contributed by atoms with van der Waals surface area (Å²) in [6.45, 7) is 0. The summed E-state index contributed by atoms with van der Waals surface area (Å²) in [6.07, 6.45) is 3.16. The van der Waals surface area contributed by atoms with E-state index in [1.165, 1.54) is 6.08 Å². The van der Waals surface area contributed by atoms with E-state index in [1.807, 2.05) is 18.2 Å². The molecule has 0 heterocycles. The fraction of sp³-hybridized carbons (Fsp3) is 0.0625. The Bertz CT molecular complexity index is 668. The van der Waals surface area contributed by atoms with Crippen molar-refractivity contribution in [1.82, 2.24) is 0 Å². The van der Waals surface area contributed by atoms with E-state index in [4.69, 9.17) is 16.3 Å². The summed E-state index contributed by atoms with van der Waals surface area (Å²) in [5, 5.41) is 3.38. The highest BCUT2D eigenvalue weighted by Crippen LogP contribution is 2.24. The lowest BCUT2D eigenvalue weighted by Gasteiger charge is -2.05. The minimum Gasteiger partial charge on any atom is -0.496 e. The molecule has 0 radical (unpaired) electrons. The van der Waals surface area contributed by atoms with Crippen molar-refractivity contribution in [2.75, 3.05) is 12.4 Å². The summed E-state index contributed by atoms with van der Waals surface area (Å²) < 4.78 is 6.16. The molecule has 1 amide bonds. The average Bonchev–Trinajstić information content (AvgIpc) is 2.48. The number of amides is 1. The lowest BCUT2D eigenvalue weighted by Crippen LogP contribution is -2.07. The van der Waals surface area contributed by atoms with E-state index in [0.29, 0.717) is 16.5 Å². The quantitative estimate of drug-likeness (QED) is 0.792. The van der Waals surface area contributed by atoms with Gasteiger partial charge in [-0.1, -0.05) is 27.5 Å². The van der Waals surface area contributed by atoms with Crippen LogP contribution >= 0.6 is 27.5 Å². The van der Waals surface area contributed by atoms with Gasteiger partial charge >= 0.3 is 0 Å². The van der Waals surface area contributed by atoms with E-state index in [9.17, 15) is 4.79 Å². The molecule has 0 aromatic heterocycles. The zero-order valence-corrected chi connectivity index (χ0v) is 13.6. The second-order valence-electron chi connectivity index (χ2n) is 4.22. The second kappa shape index (κ2) is 7.29. The summed E-state index contributed by atoms with van der Waals surface area (Å²) in [4.78, 5) is 11.9. The Labute approximate surface area is 136 Å². The molecule has 0 fully saturated rings. The number of anilines is 1. The fourth-order valence-electron chi connectivity index (χ4n) is 1.72. The van der Waals surface area contributed by atoms with Crippen LogP contribution in [-0.4, -0.2) is 13.0 Å². The van der Waals surface area contributed by atoms with Crippen LogP contribution < -0.4 is 10.1 Å². The van der Waals surface area contributed by atoms with Gasteiger partial charge in [-0.25, -0.2) is 0 Å². The molecule has 3 nitrogen and oxygen atoms in total. The normalized spacial score (nSPS) is 10.6. The van der Waals surface area contributed by atoms with E-state index in [0.717, 1.165) is 10.0 Å². The number of halogens is 2. The highest BCUT2D eigenvalue weighted by molar-refractivity contribution is 9.10. The predicted octanol–water partition coefficient (Wildman–Crippen LogP) is 4.76. The number of ether oxygens (including phenoxy) is 1. The third-order valence-corrected chi connectivity index (χ3v) is 3.46. The Balaban J connectivity index is 2.08. The standard InChI is InChI=1S/C16H13BrClNO2/c1-21-15-8-3-12(17)10-11(15)2-9-16(20)19-14-6-4-13(18)5-7-14/h2-10H,1H3,(H,19,20). The number of nitrogens with one attached hydrogen (secondary N) is 1. The first-order chi connectivity index (χ1) is 10.1. The van der Waals surface area contributed by atoms with Crippen molar-refractivity contribution < 1.29 is 9.53 Å². The van der Waals surface area contributed by atoms with Gasteiger partial charge in [0.25, 0.3) is 0 Å². The molecule has 108 valence electrons. The first-order valence-electron chi connectivity index (χ1n) is 6.16. The van der Waals surface area contributed by atoms with Crippen LogP contribution in [0.2, 0.25) is 5.02 Å². The van der Waals surface area contributed by atoms with Gasteiger partial charge in [0.15, 0.2) is 0 Å². The molecule has 0 unspecified atom stereocenters. The van der Waals surface area contributed by atoms with Gasteiger partial charge in [-0.15, -0.1) is 0 Å². The first kappa shape index (κ1) is 15.6. The molecule has 21 heavy (non-hydrogen) atoms. The number of rotatable bonds is 4. The van der Waals surface area contributed by atoms with E-state index in [1.54, 1.807) is 37.5 Å². The monoisotopic (exact) mass is 365 g/mol. The molecule has 0 saturated heterocycles. The molecule has 0 aliphatic carbocycles. The maximum atomic E-state index is 11.9. The molecular formula is C16H13BrClNO2. The third kappa shape index (κ3) is 4.62. The Morgan fingerprint density at radius 2 is 1.95 bits per heavy atom. The lowest BCUT2D eigenvalue weighted by molar-refractivity contribution is -0.111. The molecule has 0 aliphatic heterocycles. The maximum Gasteiger partial charge on any atom is 0.248 e. The molecule has 5 heteroatoms. The number of carbonyl (C=O) groups is 1. The smallest absolute Gasteiger partial charge is 0.248 e. The van der Waals surface area contributed by atoms with Crippen molar-refractivity contribution in [3.8, 4) is 5.75 Å². The summed E-state index contributed by atoms with van der Waals surface area (Å²) in [5.41, 5.74) is 1.51. The van der Waals surface area contributed by atoms with E-state index < -0.39 is 0 Å². The van der Waals surface area contributed by atoms with Gasteiger partial charge < -0.3 is 10.1 Å². The largest absolute Gasteiger partial charge is 0.496 e. The number of hydrogen-bond donors (Lipinski definition) is 1. The van der Waals surface area contributed by atoms with E-state index in [2.05, 4.69) is 21.2 Å². The Morgan fingerprint density at radius 1 is 1.24 bits per heavy atom. The molecule has 0 spiro atoms. The molecule has 0 saturated carbocycles. The predicted molar refractivity (Wildman–Crippen MR) is 89.8 cm³/mol. The lowest BCUT2D eigenvalue weighted by atomic mass is 10.2. The molecule has 1 N–H and O–H groups in total. The van der Waals surface area contributed by atoms with Gasteiger partial charge in [-0.3, -0.25) is 4.79 Å². The molecule has 2 aromatic carbocycles. The SMILES string of the molecule is COc1ccc(Br)cc1C=CC(=O)Nc1ccc(Cl)cc1. The van der Waals surface area contributed by atoms with Gasteiger partial charge in [-0.2, -0.15) is 0 Å². The second-order valence-corrected chi connectivity index (χ2v) is 5.57. The van der Waals surface area contributed by atoms with Crippen LogP contribution in [0, 0.1) is 0 Å². The first-order valence-corrected chi connectivity index (χ1v) is 7.34. The maximum absolute atomic E-state index is 11.9. The van der Waals surface area contributed by atoms with Crippen molar-refractivity contribution >= 4 is 45.2 Å². The van der Waals surface area contributed by atoms with E-state index in [-0.39, 0.29) is 5.91 Å². The number of carbonyl (C=O) groups excluding carboxylic acids is 1. The van der Waals surface area contributed by atoms with Crippen LogP contribution in [0.15, 0.2) is 53.0 Å². The van der Waals surface area contributed by atoms with Gasteiger partial charge in [0, 0.05) is 26.8 Å². The highest BCUT2D eigenvalue weighted by Gasteiger charge is 2.02. The molecular weight excluding hydrogens is 354 g/mol. The number of hydrogen-bond acceptors (Lipinski definition) is 2. The highest BCUT2D eigenvalue weighted by atomic mass is 79.9. The molecule has 0 bridgehead atoms. The van der Waals surface area contributed by atoms with Crippen LogP contribution in [-0.2, 0) is 4.79 Å². The minimum atomic E-state index is -0.223. The van der Waals surface area contributed by atoms with Gasteiger partial charge in [0.1, 0.15) is 5.75 Å². The number of methoxy groups -OCH3 is 1. The van der Waals surface area contributed by atoms with Crippen LogP contribution in [0.5, 0.6) is 5.75 Å². The van der Waals surface area contributed by atoms with Gasteiger partial charge in [0.2, 0.25) is 5.91 Å². The summed E-state index contributed by atoms with van der Waals surface area (Å²) in [5.74, 6) is 0.480. The molecule has 2 aromatic rings. The minimum absolute atomic E-state index is 0.223. The fourth-order valence-corrected chi connectivity index (χ4v) is 2.22. The Kier molecular flexibility index (Phi) is 5.42. The van der Waals surface area contributed by atoms with Crippen molar-refractivity contribution in [3.05, 3.63) is 63.6 Å². The average molecular weight is 367 g/mol. The Hall–Kier alpha value is -1.78. The van der Waals surface area contributed by atoms with Crippen LogP contribution in [0.25, 0.3) is 6.08 Å². The van der Waals surface area contributed by atoms with Crippen molar-refractivity contribution in [2.45, 2.75) is 0 Å². The summed E-state index contributed by atoms with van der Waals surface area (Å²) in [7, 11) is 1.59. The van der Waals surface area contributed by atoms with Crippen LogP contribution in [0.4, 0.5) is 5.69 Å². The van der Waals surface area contributed by atoms with Crippen molar-refractivity contribution in [2.24, 2.45) is 0 Å². The van der Waals surface area contributed by atoms with Gasteiger partial charge in [0.05, 0.1) is 7.11 Å². The van der Waals surface area contributed by atoms with Crippen molar-refractivity contribution in [3.63, 3.8) is 0 Å². The van der Waals surface area contributed by atoms with Crippen LogP contribution in [0.3, 0.4) is 0 Å². The van der Waals surface area contributed by atoms with Gasteiger partial charge in [-0.05, 0) is 48.5 Å². The summed E-state index contributed by atoms with van der Waals surface area (Å²) in [6, 6.07) is 12.5. The van der Waals surface area contributed by atoms with Crippen LogP contribution in [0.1, 0.15) is 5.56 Å². The zero-order valence-electron chi connectivity index (χ0n) is 11.3. The molecule has 0 aliphatic rings.